The minimum absolute atomic E-state index is 0.0420. The summed E-state index contributed by atoms with van der Waals surface area (Å²) in [7, 11) is 1.58. The summed E-state index contributed by atoms with van der Waals surface area (Å²) in [5, 5.41) is 5.36. The van der Waals surface area contributed by atoms with Gasteiger partial charge in [-0.2, -0.15) is 13.2 Å². The third kappa shape index (κ3) is 5.64. The Labute approximate surface area is 154 Å². The highest BCUT2D eigenvalue weighted by Crippen LogP contribution is 2.33. The van der Waals surface area contributed by atoms with Crippen LogP contribution >= 0.6 is 11.6 Å². The van der Waals surface area contributed by atoms with Gasteiger partial charge in [0.15, 0.2) is 0 Å². The van der Waals surface area contributed by atoms with E-state index in [0.29, 0.717) is 13.0 Å². The van der Waals surface area contributed by atoms with E-state index >= 15 is 0 Å². The highest BCUT2D eigenvalue weighted by Gasteiger charge is 2.31. The number of anilines is 1. The molecule has 0 unspecified atom stereocenters. The fourth-order valence-corrected chi connectivity index (χ4v) is 2.49. The van der Waals surface area contributed by atoms with Crippen molar-refractivity contribution in [1.29, 1.82) is 0 Å². The second-order valence-corrected chi connectivity index (χ2v) is 5.89. The lowest BCUT2D eigenvalue weighted by Crippen LogP contribution is -2.29. The van der Waals surface area contributed by atoms with E-state index in [1.165, 1.54) is 0 Å². The van der Waals surface area contributed by atoms with Gasteiger partial charge in [0.05, 0.1) is 29.9 Å². The van der Waals surface area contributed by atoms with E-state index in [0.717, 1.165) is 29.5 Å². The lowest BCUT2D eigenvalue weighted by Gasteiger charge is -2.12. The van der Waals surface area contributed by atoms with Crippen LogP contribution in [0.15, 0.2) is 42.5 Å². The normalized spacial score (nSPS) is 11.3. The number of alkyl halides is 3. The smallest absolute Gasteiger partial charge is 0.416 e. The summed E-state index contributed by atoms with van der Waals surface area (Å²) in [4.78, 5) is 11.9. The van der Waals surface area contributed by atoms with Gasteiger partial charge in [0, 0.05) is 0 Å². The van der Waals surface area contributed by atoms with Crippen molar-refractivity contribution in [1.82, 2.24) is 5.32 Å². The average Bonchev–Trinajstić information content (AvgIpc) is 2.60. The number of halogens is 4. The Morgan fingerprint density at radius 1 is 1.19 bits per heavy atom. The third-order valence-electron chi connectivity index (χ3n) is 3.62. The Morgan fingerprint density at radius 2 is 1.92 bits per heavy atom. The largest absolute Gasteiger partial charge is 0.496 e. The number of rotatable bonds is 7. The number of hydrogen-bond donors (Lipinski definition) is 2. The number of benzene rings is 2. The van der Waals surface area contributed by atoms with Crippen LogP contribution in [-0.2, 0) is 17.4 Å². The van der Waals surface area contributed by atoms with Gasteiger partial charge in [-0.1, -0.05) is 29.8 Å². The molecule has 0 atom stereocenters. The first kappa shape index (κ1) is 20.1. The molecule has 140 valence electrons. The van der Waals surface area contributed by atoms with Crippen LogP contribution in [0.1, 0.15) is 11.1 Å². The van der Waals surface area contributed by atoms with Crippen molar-refractivity contribution in [2.45, 2.75) is 12.6 Å². The predicted molar refractivity (Wildman–Crippen MR) is 94.7 cm³/mol. The van der Waals surface area contributed by atoms with Crippen molar-refractivity contribution < 1.29 is 22.7 Å². The molecule has 0 radical (unpaired) electrons. The Balaban J connectivity index is 1.86. The summed E-state index contributed by atoms with van der Waals surface area (Å²) in [5.41, 5.74) is 0.0446. The minimum atomic E-state index is -4.50. The fourth-order valence-electron chi connectivity index (χ4n) is 2.33. The fraction of sp³-hybridized carbons (Fsp3) is 0.278. The maximum Gasteiger partial charge on any atom is 0.416 e. The van der Waals surface area contributed by atoms with Crippen LogP contribution in [0.25, 0.3) is 0 Å². The van der Waals surface area contributed by atoms with Gasteiger partial charge >= 0.3 is 6.18 Å². The van der Waals surface area contributed by atoms with Crippen LogP contribution in [0.5, 0.6) is 5.75 Å². The molecule has 2 rings (SSSR count). The molecule has 8 heteroatoms. The number of carbonyl (C=O) groups excluding carboxylic acids is 1. The highest BCUT2D eigenvalue weighted by atomic mass is 35.5. The van der Waals surface area contributed by atoms with Gasteiger partial charge in [0.1, 0.15) is 5.75 Å². The van der Waals surface area contributed by atoms with Crippen LogP contribution in [0.2, 0.25) is 5.02 Å². The van der Waals surface area contributed by atoms with Crippen molar-refractivity contribution >= 4 is 23.2 Å². The number of carbonyl (C=O) groups is 1. The standard InChI is InChI=1S/C18H18ClF3N2O2/c1-26-16-5-3-2-4-12(16)8-9-23-11-17(25)24-15-10-13(18(20,21)22)6-7-14(15)19/h2-7,10,23H,8-9,11H2,1H3,(H,24,25). The molecule has 2 aromatic rings. The molecule has 1 amide bonds. The Kier molecular flexibility index (Phi) is 6.88. The molecule has 0 aliphatic carbocycles. The molecule has 0 aliphatic heterocycles. The van der Waals surface area contributed by atoms with Gasteiger partial charge in [0.2, 0.25) is 5.91 Å². The molecule has 0 bridgehead atoms. The molecule has 0 saturated heterocycles. The molecule has 26 heavy (non-hydrogen) atoms. The Hall–Kier alpha value is -2.25. The number of nitrogens with one attached hydrogen (secondary N) is 2. The lowest BCUT2D eigenvalue weighted by atomic mass is 10.1. The highest BCUT2D eigenvalue weighted by molar-refractivity contribution is 6.33. The van der Waals surface area contributed by atoms with Crippen molar-refractivity contribution in [3.05, 3.63) is 58.6 Å². The molecule has 0 fully saturated rings. The summed E-state index contributed by atoms with van der Waals surface area (Å²) in [6.07, 6.45) is -3.86. The molecule has 2 aromatic carbocycles. The molecule has 0 aromatic heterocycles. The first-order valence-corrected chi connectivity index (χ1v) is 8.18. The number of amides is 1. The van der Waals surface area contributed by atoms with Crippen molar-refractivity contribution in [2.75, 3.05) is 25.5 Å². The van der Waals surface area contributed by atoms with Gasteiger partial charge in [-0.05, 0) is 42.8 Å². The van der Waals surface area contributed by atoms with Crippen LogP contribution in [0, 0.1) is 0 Å². The number of methoxy groups -OCH3 is 1. The van der Waals surface area contributed by atoms with E-state index in [2.05, 4.69) is 10.6 Å². The zero-order valence-corrected chi connectivity index (χ0v) is 14.7. The Morgan fingerprint density at radius 3 is 2.62 bits per heavy atom. The molecule has 4 nitrogen and oxygen atoms in total. The number of ether oxygens (including phenoxy) is 1. The summed E-state index contributed by atoms with van der Waals surface area (Å²) in [6, 6.07) is 10.3. The molecule has 0 aliphatic rings. The van der Waals surface area contributed by atoms with Gasteiger partial charge in [-0.3, -0.25) is 4.79 Å². The number of hydrogen-bond acceptors (Lipinski definition) is 3. The molecule has 0 heterocycles. The van der Waals surface area contributed by atoms with E-state index in [-0.39, 0.29) is 17.3 Å². The molecule has 0 saturated carbocycles. The van der Waals surface area contributed by atoms with E-state index in [1.807, 2.05) is 24.3 Å². The molecular formula is C18H18ClF3N2O2. The summed E-state index contributed by atoms with van der Waals surface area (Å²) in [6.45, 7) is 0.450. The third-order valence-corrected chi connectivity index (χ3v) is 3.95. The van der Waals surface area contributed by atoms with E-state index in [1.54, 1.807) is 7.11 Å². The lowest BCUT2D eigenvalue weighted by molar-refractivity contribution is -0.137. The van der Waals surface area contributed by atoms with Crippen molar-refractivity contribution in [2.24, 2.45) is 0 Å². The number of para-hydroxylation sites is 1. The van der Waals surface area contributed by atoms with Crippen LogP contribution < -0.4 is 15.4 Å². The van der Waals surface area contributed by atoms with Gasteiger partial charge < -0.3 is 15.4 Å². The first-order chi connectivity index (χ1) is 12.3. The summed E-state index contributed by atoms with van der Waals surface area (Å²) in [5.74, 6) is 0.278. The Bertz CT molecular complexity index is 766. The summed E-state index contributed by atoms with van der Waals surface area (Å²) >= 11 is 5.85. The van der Waals surface area contributed by atoms with E-state index < -0.39 is 17.6 Å². The maximum atomic E-state index is 12.7. The van der Waals surface area contributed by atoms with Crippen LogP contribution in [-0.4, -0.2) is 26.1 Å². The second kappa shape index (κ2) is 8.91. The quantitative estimate of drug-likeness (QED) is 0.703. The topological polar surface area (TPSA) is 50.4 Å². The van der Waals surface area contributed by atoms with Gasteiger partial charge in [0.25, 0.3) is 0 Å². The molecule has 0 spiro atoms. The van der Waals surface area contributed by atoms with Crippen LogP contribution in [0.4, 0.5) is 18.9 Å². The van der Waals surface area contributed by atoms with E-state index in [4.69, 9.17) is 16.3 Å². The molecule has 2 N–H and O–H groups in total. The van der Waals surface area contributed by atoms with Crippen molar-refractivity contribution in [3.8, 4) is 5.75 Å². The maximum absolute atomic E-state index is 12.7. The van der Waals surface area contributed by atoms with Crippen LogP contribution in [0.3, 0.4) is 0 Å². The monoisotopic (exact) mass is 386 g/mol. The van der Waals surface area contributed by atoms with Gasteiger partial charge in [-0.15, -0.1) is 0 Å². The second-order valence-electron chi connectivity index (χ2n) is 5.48. The zero-order valence-electron chi connectivity index (χ0n) is 14.0. The zero-order chi connectivity index (χ0) is 19.2. The van der Waals surface area contributed by atoms with E-state index in [9.17, 15) is 18.0 Å². The average molecular weight is 387 g/mol. The first-order valence-electron chi connectivity index (χ1n) is 7.80. The molecular weight excluding hydrogens is 369 g/mol. The van der Waals surface area contributed by atoms with Gasteiger partial charge in [-0.25, -0.2) is 0 Å². The summed E-state index contributed by atoms with van der Waals surface area (Å²) < 4.78 is 43.4. The minimum Gasteiger partial charge on any atom is -0.496 e. The van der Waals surface area contributed by atoms with Crippen molar-refractivity contribution in [3.63, 3.8) is 0 Å². The SMILES string of the molecule is COc1ccccc1CCNCC(=O)Nc1cc(C(F)(F)F)ccc1Cl. The predicted octanol–water partition coefficient (Wildman–Crippen LogP) is 4.14.